The topological polar surface area (TPSA) is 42.0 Å². The largest absolute Gasteiger partial charge is 0.493 e. The van der Waals surface area contributed by atoms with Gasteiger partial charge in [0.2, 0.25) is 0 Å². The number of anilines is 1. The zero-order valence-corrected chi connectivity index (χ0v) is 20.3. The van der Waals surface area contributed by atoms with Crippen molar-refractivity contribution in [3.63, 3.8) is 0 Å². The van der Waals surface area contributed by atoms with Gasteiger partial charge in [0.05, 0.1) is 13.7 Å². The van der Waals surface area contributed by atoms with E-state index in [-0.39, 0.29) is 5.91 Å². The standard InChI is InChI=1S/C29H32N2O3/c1-20-7-6-8-25(21(20)2)22-9-10-23-19-31(29(32)26(23)17-22)24-11-12-27(28(18-24)33-3)34-16-15-30-13-4-5-14-30/h6-12,17-18H,4-5,13-16,19H2,1-3H3. The van der Waals surface area contributed by atoms with Gasteiger partial charge in [-0.05, 0) is 85.8 Å². The molecule has 2 aliphatic rings. The Balaban J connectivity index is 1.34. The summed E-state index contributed by atoms with van der Waals surface area (Å²) in [5.41, 5.74) is 7.38. The van der Waals surface area contributed by atoms with E-state index >= 15 is 0 Å². The Kier molecular flexibility index (Phi) is 6.29. The molecule has 1 fully saturated rings. The van der Waals surface area contributed by atoms with Crippen LogP contribution in [0.3, 0.4) is 0 Å². The molecule has 5 rings (SSSR count). The first-order valence-electron chi connectivity index (χ1n) is 12.1. The molecule has 3 aromatic carbocycles. The number of carbonyl (C=O) groups excluding carboxylic acids is 1. The number of likely N-dealkylation sites (tertiary alicyclic amines) is 1. The smallest absolute Gasteiger partial charge is 0.258 e. The third-order valence-electron chi connectivity index (χ3n) is 7.15. The Labute approximate surface area is 201 Å². The number of aryl methyl sites for hydroxylation is 1. The molecule has 5 nitrogen and oxygen atoms in total. The zero-order chi connectivity index (χ0) is 23.7. The number of ether oxygens (including phenoxy) is 2. The highest BCUT2D eigenvalue weighted by Crippen LogP contribution is 2.37. The maximum Gasteiger partial charge on any atom is 0.258 e. The summed E-state index contributed by atoms with van der Waals surface area (Å²) in [5, 5.41) is 0. The second-order valence-electron chi connectivity index (χ2n) is 9.24. The Morgan fingerprint density at radius 1 is 0.912 bits per heavy atom. The van der Waals surface area contributed by atoms with E-state index in [4.69, 9.17) is 9.47 Å². The molecule has 1 amide bonds. The molecule has 0 spiro atoms. The molecule has 1 saturated heterocycles. The molecule has 34 heavy (non-hydrogen) atoms. The molecule has 2 heterocycles. The Bertz CT molecular complexity index is 1210. The number of methoxy groups -OCH3 is 1. The van der Waals surface area contributed by atoms with Crippen molar-refractivity contribution >= 4 is 11.6 Å². The van der Waals surface area contributed by atoms with Crippen molar-refractivity contribution in [1.82, 2.24) is 4.90 Å². The number of amides is 1. The molecule has 0 saturated carbocycles. The first-order valence-corrected chi connectivity index (χ1v) is 12.1. The predicted octanol–water partition coefficient (Wildman–Crippen LogP) is 5.61. The second-order valence-corrected chi connectivity index (χ2v) is 9.24. The first-order chi connectivity index (χ1) is 16.5. The van der Waals surface area contributed by atoms with Crippen molar-refractivity contribution in [2.75, 3.05) is 38.3 Å². The van der Waals surface area contributed by atoms with Gasteiger partial charge < -0.3 is 14.4 Å². The van der Waals surface area contributed by atoms with Crippen molar-refractivity contribution < 1.29 is 14.3 Å². The molecule has 0 N–H and O–H groups in total. The molecule has 0 unspecified atom stereocenters. The normalized spacial score (nSPS) is 15.6. The van der Waals surface area contributed by atoms with Gasteiger partial charge in [-0.3, -0.25) is 9.69 Å². The highest BCUT2D eigenvalue weighted by molar-refractivity contribution is 6.10. The highest BCUT2D eigenvalue weighted by Gasteiger charge is 2.29. The van der Waals surface area contributed by atoms with E-state index in [1.54, 1.807) is 7.11 Å². The van der Waals surface area contributed by atoms with Gasteiger partial charge in [0.15, 0.2) is 11.5 Å². The fourth-order valence-electron chi connectivity index (χ4n) is 4.98. The van der Waals surface area contributed by atoms with Crippen molar-refractivity contribution in [2.45, 2.75) is 33.2 Å². The summed E-state index contributed by atoms with van der Waals surface area (Å²) in [6.45, 7) is 8.67. The Hall–Kier alpha value is -3.31. The molecule has 0 atom stereocenters. The maximum atomic E-state index is 13.4. The molecule has 3 aromatic rings. The summed E-state index contributed by atoms with van der Waals surface area (Å²) in [4.78, 5) is 17.6. The predicted molar refractivity (Wildman–Crippen MR) is 136 cm³/mol. The Morgan fingerprint density at radius 2 is 1.74 bits per heavy atom. The van der Waals surface area contributed by atoms with Gasteiger partial charge in [-0.25, -0.2) is 0 Å². The van der Waals surface area contributed by atoms with Crippen molar-refractivity contribution in [1.29, 1.82) is 0 Å². The van der Waals surface area contributed by atoms with Crippen LogP contribution in [0.2, 0.25) is 0 Å². The van der Waals surface area contributed by atoms with Crippen LogP contribution < -0.4 is 14.4 Å². The summed E-state index contributed by atoms with van der Waals surface area (Å²) in [6, 6.07) is 18.3. The molecule has 0 aromatic heterocycles. The lowest BCUT2D eigenvalue weighted by Gasteiger charge is -2.19. The molecule has 0 radical (unpaired) electrons. The van der Waals surface area contributed by atoms with E-state index in [0.29, 0.717) is 24.7 Å². The number of benzene rings is 3. The van der Waals surface area contributed by atoms with E-state index in [1.807, 2.05) is 29.2 Å². The number of rotatable bonds is 7. The summed E-state index contributed by atoms with van der Waals surface area (Å²) in [7, 11) is 1.64. The number of hydrogen-bond donors (Lipinski definition) is 0. The SMILES string of the molecule is COc1cc(N2Cc3ccc(-c4cccc(C)c4C)cc3C2=O)ccc1OCCN1CCCC1. The summed E-state index contributed by atoms with van der Waals surface area (Å²) in [5.74, 6) is 1.39. The summed E-state index contributed by atoms with van der Waals surface area (Å²) < 4.78 is 11.6. The molecule has 176 valence electrons. The van der Waals surface area contributed by atoms with Gasteiger partial charge >= 0.3 is 0 Å². The van der Waals surface area contributed by atoms with Crippen LogP contribution in [0.1, 0.15) is 39.9 Å². The van der Waals surface area contributed by atoms with Crippen LogP contribution in [0, 0.1) is 13.8 Å². The van der Waals surface area contributed by atoms with Gasteiger partial charge in [0, 0.05) is 23.9 Å². The van der Waals surface area contributed by atoms with Crippen LogP contribution in [0.25, 0.3) is 11.1 Å². The van der Waals surface area contributed by atoms with Crippen molar-refractivity contribution in [3.8, 4) is 22.6 Å². The number of nitrogens with zero attached hydrogens (tertiary/aromatic N) is 2. The van der Waals surface area contributed by atoms with Gasteiger partial charge in [0.1, 0.15) is 6.61 Å². The van der Waals surface area contributed by atoms with E-state index in [0.717, 1.165) is 42.0 Å². The maximum absolute atomic E-state index is 13.4. The monoisotopic (exact) mass is 456 g/mol. The number of fused-ring (bicyclic) bond motifs is 1. The fourth-order valence-corrected chi connectivity index (χ4v) is 4.98. The number of carbonyl (C=O) groups is 1. The van der Waals surface area contributed by atoms with Crippen molar-refractivity contribution in [3.05, 3.63) is 76.9 Å². The molecule has 0 aliphatic carbocycles. The third kappa shape index (κ3) is 4.28. The van der Waals surface area contributed by atoms with Crippen LogP contribution in [0.5, 0.6) is 11.5 Å². The van der Waals surface area contributed by atoms with E-state index < -0.39 is 0 Å². The van der Waals surface area contributed by atoms with Gasteiger partial charge in [-0.15, -0.1) is 0 Å². The molecule has 0 bridgehead atoms. The summed E-state index contributed by atoms with van der Waals surface area (Å²) in [6.07, 6.45) is 2.55. The lowest BCUT2D eigenvalue weighted by molar-refractivity contribution is 0.0996. The fraction of sp³-hybridized carbons (Fsp3) is 0.345. The molecule has 5 heteroatoms. The van der Waals surface area contributed by atoms with Gasteiger partial charge in [-0.2, -0.15) is 0 Å². The minimum atomic E-state index is 0.0203. The molecular weight excluding hydrogens is 424 g/mol. The average Bonchev–Trinajstić information content (AvgIpc) is 3.49. The lowest BCUT2D eigenvalue weighted by Crippen LogP contribution is -2.25. The minimum absolute atomic E-state index is 0.0203. The van der Waals surface area contributed by atoms with Crippen LogP contribution in [0.4, 0.5) is 5.69 Å². The van der Waals surface area contributed by atoms with Crippen LogP contribution >= 0.6 is 0 Å². The lowest BCUT2D eigenvalue weighted by atomic mass is 9.95. The van der Waals surface area contributed by atoms with Gasteiger partial charge in [0.25, 0.3) is 5.91 Å². The van der Waals surface area contributed by atoms with E-state index in [9.17, 15) is 4.79 Å². The second kappa shape index (κ2) is 9.51. The van der Waals surface area contributed by atoms with E-state index in [2.05, 4.69) is 49.1 Å². The molecule has 2 aliphatic heterocycles. The average molecular weight is 457 g/mol. The zero-order valence-electron chi connectivity index (χ0n) is 20.3. The quantitative estimate of drug-likeness (QED) is 0.463. The summed E-state index contributed by atoms with van der Waals surface area (Å²) >= 11 is 0. The highest BCUT2D eigenvalue weighted by atomic mass is 16.5. The van der Waals surface area contributed by atoms with Crippen LogP contribution in [-0.4, -0.2) is 44.2 Å². The third-order valence-corrected chi connectivity index (χ3v) is 7.15. The number of hydrogen-bond acceptors (Lipinski definition) is 4. The minimum Gasteiger partial charge on any atom is -0.493 e. The Morgan fingerprint density at radius 3 is 2.53 bits per heavy atom. The van der Waals surface area contributed by atoms with E-state index in [1.165, 1.54) is 29.5 Å². The molecular formula is C29H32N2O3. The van der Waals surface area contributed by atoms with Crippen molar-refractivity contribution in [2.24, 2.45) is 0 Å². The first kappa shape index (κ1) is 22.5. The van der Waals surface area contributed by atoms with Crippen LogP contribution in [0.15, 0.2) is 54.6 Å². The van der Waals surface area contributed by atoms with Gasteiger partial charge in [-0.1, -0.05) is 30.3 Å². The van der Waals surface area contributed by atoms with Crippen LogP contribution in [-0.2, 0) is 6.54 Å².